The zero-order valence-electron chi connectivity index (χ0n) is 8.97. The molecule has 1 aromatic rings. The molecule has 0 saturated carbocycles. The molecular weight excluding hydrogens is 194 g/mol. The third-order valence-corrected chi connectivity index (χ3v) is 2.44. The van der Waals surface area contributed by atoms with E-state index in [1.54, 1.807) is 17.0 Å². The van der Waals surface area contributed by atoms with Crippen molar-refractivity contribution in [1.29, 1.82) is 0 Å². The quantitative estimate of drug-likeness (QED) is 0.704. The Morgan fingerprint density at radius 3 is 2.60 bits per heavy atom. The van der Waals surface area contributed by atoms with Crippen molar-refractivity contribution in [3.05, 3.63) is 24.2 Å². The fourth-order valence-corrected chi connectivity index (χ4v) is 1.90. The first kappa shape index (κ1) is 10.2. The number of nitrogens with zero attached hydrogens (tertiary/aromatic N) is 1. The van der Waals surface area contributed by atoms with Gasteiger partial charge in [0.1, 0.15) is 0 Å². The third kappa shape index (κ3) is 2.21. The molecule has 0 aliphatic carbocycles. The van der Waals surface area contributed by atoms with E-state index in [0.717, 1.165) is 0 Å². The SMILES string of the molecule is CC1CN(C(=O)c2ccco2)CC(C)O1. The summed E-state index contributed by atoms with van der Waals surface area (Å²) in [5.41, 5.74) is 0. The van der Waals surface area contributed by atoms with Crippen LogP contribution in [0.1, 0.15) is 24.4 Å². The molecule has 82 valence electrons. The first-order valence-corrected chi connectivity index (χ1v) is 5.15. The number of hydrogen-bond acceptors (Lipinski definition) is 3. The summed E-state index contributed by atoms with van der Waals surface area (Å²) in [5, 5.41) is 0. The van der Waals surface area contributed by atoms with Gasteiger partial charge in [-0.05, 0) is 26.0 Å². The summed E-state index contributed by atoms with van der Waals surface area (Å²) in [7, 11) is 0. The molecule has 4 heteroatoms. The normalized spacial score (nSPS) is 26.7. The zero-order chi connectivity index (χ0) is 10.8. The van der Waals surface area contributed by atoms with Gasteiger partial charge in [0.25, 0.3) is 5.91 Å². The smallest absolute Gasteiger partial charge is 0.289 e. The number of hydrogen-bond donors (Lipinski definition) is 0. The van der Waals surface area contributed by atoms with Crippen LogP contribution in [0.5, 0.6) is 0 Å². The number of amides is 1. The molecule has 0 aromatic carbocycles. The van der Waals surface area contributed by atoms with Crippen molar-refractivity contribution in [1.82, 2.24) is 4.90 Å². The van der Waals surface area contributed by atoms with Gasteiger partial charge in [0.2, 0.25) is 0 Å². The summed E-state index contributed by atoms with van der Waals surface area (Å²) in [4.78, 5) is 13.7. The van der Waals surface area contributed by atoms with Crippen molar-refractivity contribution < 1.29 is 13.9 Å². The van der Waals surface area contributed by atoms with Crippen LogP contribution in [0.2, 0.25) is 0 Å². The van der Waals surface area contributed by atoms with E-state index < -0.39 is 0 Å². The van der Waals surface area contributed by atoms with Gasteiger partial charge in [-0.2, -0.15) is 0 Å². The van der Waals surface area contributed by atoms with Crippen LogP contribution in [-0.4, -0.2) is 36.1 Å². The molecule has 15 heavy (non-hydrogen) atoms. The second kappa shape index (κ2) is 4.06. The molecular formula is C11H15NO3. The van der Waals surface area contributed by atoms with Crippen LogP contribution in [0, 0.1) is 0 Å². The van der Waals surface area contributed by atoms with E-state index in [0.29, 0.717) is 18.8 Å². The van der Waals surface area contributed by atoms with Gasteiger partial charge >= 0.3 is 0 Å². The van der Waals surface area contributed by atoms with Crippen LogP contribution in [0.25, 0.3) is 0 Å². The Bertz CT molecular complexity index is 324. The number of ether oxygens (including phenoxy) is 1. The summed E-state index contributed by atoms with van der Waals surface area (Å²) >= 11 is 0. The van der Waals surface area contributed by atoms with Crippen LogP contribution in [0.3, 0.4) is 0 Å². The number of rotatable bonds is 1. The molecule has 2 unspecified atom stereocenters. The molecule has 2 heterocycles. The molecule has 1 fully saturated rings. The van der Waals surface area contributed by atoms with Crippen LogP contribution >= 0.6 is 0 Å². The Labute approximate surface area is 88.8 Å². The van der Waals surface area contributed by atoms with E-state index in [2.05, 4.69) is 0 Å². The Morgan fingerprint density at radius 2 is 2.07 bits per heavy atom. The average molecular weight is 209 g/mol. The van der Waals surface area contributed by atoms with Gasteiger partial charge in [0, 0.05) is 13.1 Å². The molecule has 2 rings (SSSR count). The van der Waals surface area contributed by atoms with E-state index >= 15 is 0 Å². The van der Waals surface area contributed by atoms with Crippen molar-refractivity contribution >= 4 is 5.91 Å². The van der Waals surface area contributed by atoms with Crippen molar-refractivity contribution in [2.24, 2.45) is 0 Å². The lowest BCUT2D eigenvalue weighted by Gasteiger charge is -2.34. The molecule has 0 bridgehead atoms. The Kier molecular flexibility index (Phi) is 2.77. The van der Waals surface area contributed by atoms with E-state index in [-0.39, 0.29) is 18.1 Å². The third-order valence-electron chi connectivity index (χ3n) is 2.44. The van der Waals surface area contributed by atoms with Gasteiger partial charge in [-0.1, -0.05) is 0 Å². The maximum Gasteiger partial charge on any atom is 0.289 e. The molecule has 1 aromatic heterocycles. The number of carbonyl (C=O) groups excluding carboxylic acids is 1. The molecule has 4 nitrogen and oxygen atoms in total. The van der Waals surface area contributed by atoms with E-state index in [4.69, 9.17) is 9.15 Å². The Morgan fingerprint density at radius 1 is 1.40 bits per heavy atom. The molecule has 0 N–H and O–H groups in total. The fraction of sp³-hybridized carbons (Fsp3) is 0.545. The van der Waals surface area contributed by atoms with Crippen LogP contribution < -0.4 is 0 Å². The first-order valence-electron chi connectivity index (χ1n) is 5.15. The molecule has 0 spiro atoms. The van der Waals surface area contributed by atoms with Crippen molar-refractivity contribution in [3.63, 3.8) is 0 Å². The predicted octanol–water partition coefficient (Wildman–Crippen LogP) is 1.53. The lowest BCUT2D eigenvalue weighted by molar-refractivity contribution is -0.0592. The summed E-state index contributed by atoms with van der Waals surface area (Å²) in [6, 6.07) is 3.41. The fourth-order valence-electron chi connectivity index (χ4n) is 1.90. The lowest BCUT2D eigenvalue weighted by Crippen LogP contribution is -2.48. The van der Waals surface area contributed by atoms with Crippen molar-refractivity contribution in [2.45, 2.75) is 26.1 Å². The highest BCUT2D eigenvalue weighted by atomic mass is 16.5. The number of morpholine rings is 1. The monoisotopic (exact) mass is 209 g/mol. The summed E-state index contributed by atoms with van der Waals surface area (Å²) in [6.07, 6.45) is 1.70. The summed E-state index contributed by atoms with van der Waals surface area (Å²) < 4.78 is 10.6. The Balaban J connectivity index is 2.07. The molecule has 1 aliphatic heterocycles. The molecule has 1 amide bonds. The van der Waals surface area contributed by atoms with Crippen LogP contribution in [0.15, 0.2) is 22.8 Å². The Hall–Kier alpha value is -1.29. The van der Waals surface area contributed by atoms with Crippen molar-refractivity contribution in [2.75, 3.05) is 13.1 Å². The highest BCUT2D eigenvalue weighted by Gasteiger charge is 2.27. The molecule has 1 saturated heterocycles. The second-order valence-corrected chi connectivity index (χ2v) is 3.94. The standard InChI is InChI=1S/C11H15NO3/c1-8-6-12(7-9(2)15-8)11(13)10-4-3-5-14-10/h3-5,8-9H,6-7H2,1-2H3. The minimum absolute atomic E-state index is 0.0537. The summed E-state index contributed by atoms with van der Waals surface area (Å²) in [6.45, 7) is 5.20. The largest absolute Gasteiger partial charge is 0.459 e. The predicted molar refractivity (Wildman–Crippen MR) is 54.6 cm³/mol. The number of carbonyl (C=O) groups is 1. The maximum absolute atomic E-state index is 11.9. The van der Waals surface area contributed by atoms with Gasteiger partial charge in [-0.25, -0.2) is 0 Å². The van der Waals surface area contributed by atoms with E-state index in [9.17, 15) is 4.79 Å². The van der Waals surface area contributed by atoms with Gasteiger partial charge < -0.3 is 14.1 Å². The highest BCUT2D eigenvalue weighted by molar-refractivity contribution is 5.91. The molecule has 0 radical (unpaired) electrons. The second-order valence-electron chi connectivity index (χ2n) is 3.94. The minimum Gasteiger partial charge on any atom is -0.459 e. The minimum atomic E-state index is -0.0537. The number of furan rings is 1. The van der Waals surface area contributed by atoms with Crippen LogP contribution in [-0.2, 0) is 4.74 Å². The van der Waals surface area contributed by atoms with Crippen molar-refractivity contribution in [3.8, 4) is 0 Å². The summed E-state index contributed by atoms with van der Waals surface area (Å²) in [5.74, 6) is 0.346. The van der Waals surface area contributed by atoms with Gasteiger partial charge in [0.05, 0.1) is 18.5 Å². The zero-order valence-corrected chi connectivity index (χ0v) is 8.97. The van der Waals surface area contributed by atoms with Gasteiger partial charge in [-0.3, -0.25) is 4.79 Å². The first-order chi connectivity index (χ1) is 7.16. The van der Waals surface area contributed by atoms with Gasteiger partial charge in [-0.15, -0.1) is 0 Å². The van der Waals surface area contributed by atoms with E-state index in [1.165, 1.54) is 6.26 Å². The van der Waals surface area contributed by atoms with E-state index in [1.807, 2.05) is 13.8 Å². The molecule has 2 atom stereocenters. The molecule has 1 aliphatic rings. The average Bonchev–Trinajstić information content (AvgIpc) is 2.67. The van der Waals surface area contributed by atoms with Crippen LogP contribution in [0.4, 0.5) is 0 Å². The van der Waals surface area contributed by atoms with Gasteiger partial charge in [0.15, 0.2) is 5.76 Å². The maximum atomic E-state index is 11.9. The highest BCUT2D eigenvalue weighted by Crippen LogP contribution is 2.14. The lowest BCUT2D eigenvalue weighted by atomic mass is 10.2. The topological polar surface area (TPSA) is 42.7 Å².